The minimum Gasteiger partial charge on any atom is -0.321 e. The molecule has 92 valence electrons. The number of fused-ring (bicyclic) bond motifs is 1. The topological polar surface area (TPSA) is 57.1 Å². The van der Waals surface area contributed by atoms with Crippen LogP contribution in [0.15, 0.2) is 35.4 Å². The Morgan fingerprint density at radius 2 is 2.22 bits per heavy atom. The molecule has 3 heterocycles. The lowest BCUT2D eigenvalue weighted by Crippen LogP contribution is -2.22. The first kappa shape index (κ1) is 11.0. The molecule has 0 aliphatic rings. The molecular formula is C11H10ClN5O. The first-order valence-electron chi connectivity index (χ1n) is 5.37. The van der Waals surface area contributed by atoms with Gasteiger partial charge in [0, 0.05) is 13.2 Å². The van der Waals surface area contributed by atoms with E-state index in [0.29, 0.717) is 23.2 Å². The van der Waals surface area contributed by atoms with Crippen molar-refractivity contribution in [1.82, 2.24) is 23.7 Å². The summed E-state index contributed by atoms with van der Waals surface area (Å²) in [7, 11) is 1.80. The fraction of sp³-hybridized carbons (Fsp3) is 0.182. The van der Waals surface area contributed by atoms with E-state index in [2.05, 4.69) is 10.1 Å². The van der Waals surface area contributed by atoms with Crippen LogP contribution in [0, 0.1) is 0 Å². The molecule has 0 unspecified atom stereocenters. The van der Waals surface area contributed by atoms with E-state index in [4.69, 9.17) is 11.6 Å². The zero-order chi connectivity index (χ0) is 12.7. The number of hydrogen-bond acceptors (Lipinski definition) is 3. The number of rotatable bonds is 2. The quantitative estimate of drug-likeness (QED) is 0.691. The van der Waals surface area contributed by atoms with Gasteiger partial charge in [0.1, 0.15) is 17.5 Å². The fourth-order valence-electron chi connectivity index (χ4n) is 1.78. The Morgan fingerprint density at radius 1 is 1.39 bits per heavy atom. The van der Waals surface area contributed by atoms with Gasteiger partial charge in [-0.15, -0.1) is 5.10 Å². The summed E-state index contributed by atoms with van der Waals surface area (Å²) < 4.78 is 4.58. The van der Waals surface area contributed by atoms with Crippen molar-refractivity contribution in [3.63, 3.8) is 0 Å². The van der Waals surface area contributed by atoms with Gasteiger partial charge in [0.2, 0.25) is 0 Å². The second-order valence-electron chi connectivity index (χ2n) is 3.93. The standard InChI is InChI=1S/C11H10ClN5O/c1-15-8(12)6-13-10(15)7-17-11(18)16-5-3-2-4-9(16)14-17/h2-6H,7H2,1H3. The van der Waals surface area contributed by atoms with Crippen LogP contribution < -0.4 is 5.69 Å². The van der Waals surface area contributed by atoms with Crippen LogP contribution in [0.3, 0.4) is 0 Å². The Hall–Kier alpha value is -2.08. The number of hydrogen-bond donors (Lipinski definition) is 0. The third-order valence-corrected chi connectivity index (χ3v) is 3.16. The van der Waals surface area contributed by atoms with E-state index in [1.54, 1.807) is 36.1 Å². The van der Waals surface area contributed by atoms with Crippen LogP contribution in [0.5, 0.6) is 0 Å². The molecule has 0 fully saturated rings. The van der Waals surface area contributed by atoms with Gasteiger partial charge in [-0.3, -0.25) is 4.40 Å². The van der Waals surface area contributed by atoms with Gasteiger partial charge in [0.15, 0.2) is 5.65 Å². The molecule has 3 aromatic heterocycles. The van der Waals surface area contributed by atoms with E-state index >= 15 is 0 Å². The predicted octanol–water partition coefficient (Wildman–Crippen LogP) is 0.931. The summed E-state index contributed by atoms with van der Waals surface area (Å²) >= 11 is 5.90. The number of imidazole rings is 1. The lowest BCUT2D eigenvalue weighted by Gasteiger charge is -2.00. The molecule has 6 nitrogen and oxygen atoms in total. The first-order chi connectivity index (χ1) is 8.66. The van der Waals surface area contributed by atoms with E-state index in [-0.39, 0.29) is 5.69 Å². The van der Waals surface area contributed by atoms with E-state index in [1.165, 1.54) is 9.08 Å². The molecule has 7 heteroatoms. The molecule has 0 bridgehead atoms. The molecule has 3 aromatic rings. The Bertz CT molecular complexity index is 769. The molecular weight excluding hydrogens is 254 g/mol. The lowest BCUT2D eigenvalue weighted by atomic mass is 10.5. The highest BCUT2D eigenvalue weighted by molar-refractivity contribution is 6.29. The first-order valence-corrected chi connectivity index (χ1v) is 5.75. The van der Waals surface area contributed by atoms with E-state index in [0.717, 1.165) is 0 Å². The summed E-state index contributed by atoms with van der Waals surface area (Å²) in [5.41, 5.74) is 0.424. The number of pyridine rings is 1. The summed E-state index contributed by atoms with van der Waals surface area (Å²) in [6.07, 6.45) is 3.24. The summed E-state index contributed by atoms with van der Waals surface area (Å²) in [4.78, 5) is 16.2. The van der Waals surface area contributed by atoms with Gasteiger partial charge in [-0.1, -0.05) is 17.7 Å². The third kappa shape index (κ3) is 1.62. The molecule has 18 heavy (non-hydrogen) atoms. The van der Waals surface area contributed by atoms with Gasteiger partial charge < -0.3 is 4.57 Å². The SMILES string of the molecule is Cn1c(Cl)cnc1Cn1nc2ccccn2c1=O. The monoisotopic (exact) mass is 263 g/mol. The highest BCUT2D eigenvalue weighted by Gasteiger charge is 2.10. The molecule has 3 rings (SSSR count). The maximum Gasteiger partial charge on any atom is 0.350 e. The second-order valence-corrected chi connectivity index (χ2v) is 4.31. The summed E-state index contributed by atoms with van der Waals surface area (Å²) in [5, 5.41) is 4.76. The molecule has 0 aliphatic heterocycles. The van der Waals surface area contributed by atoms with Crippen LogP contribution in [0.4, 0.5) is 0 Å². The van der Waals surface area contributed by atoms with Gasteiger partial charge in [-0.25, -0.2) is 14.5 Å². The molecule has 0 saturated heterocycles. The van der Waals surface area contributed by atoms with E-state index in [1.807, 2.05) is 6.07 Å². The number of aromatic nitrogens is 5. The second kappa shape index (κ2) is 3.99. The molecule has 0 N–H and O–H groups in total. The predicted molar refractivity (Wildman–Crippen MR) is 66.8 cm³/mol. The van der Waals surface area contributed by atoms with Crippen molar-refractivity contribution in [3.05, 3.63) is 52.1 Å². The highest BCUT2D eigenvalue weighted by Crippen LogP contribution is 2.09. The van der Waals surface area contributed by atoms with Crippen molar-refractivity contribution in [2.75, 3.05) is 0 Å². The average Bonchev–Trinajstić information content (AvgIpc) is 2.86. The van der Waals surface area contributed by atoms with Crippen LogP contribution in [0.2, 0.25) is 5.15 Å². The van der Waals surface area contributed by atoms with Gasteiger partial charge in [0.05, 0.1) is 6.20 Å². The van der Waals surface area contributed by atoms with Crippen molar-refractivity contribution in [3.8, 4) is 0 Å². The third-order valence-electron chi connectivity index (χ3n) is 2.81. The zero-order valence-electron chi connectivity index (χ0n) is 9.62. The number of halogens is 1. The van der Waals surface area contributed by atoms with Crippen molar-refractivity contribution in [2.45, 2.75) is 6.54 Å². The number of nitrogens with zero attached hydrogens (tertiary/aromatic N) is 5. The molecule has 0 aliphatic carbocycles. The molecule has 0 saturated carbocycles. The van der Waals surface area contributed by atoms with Crippen LogP contribution in [-0.4, -0.2) is 23.7 Å². The van der Waals surface area contributed by atoms with Gasteiger partial charge in [-0.2, -0.15) is 0 Å². The van der Waals surface area contributed by atoms with Gasteiger partial charge in [-0.05, 0) is 12.1 Å². The largest absolute Gasteiger partial charge is 0.350 e. The minimum absolute atomic E-state index is 0.190. The Balaban J connectivity index is 2.08. The van der Waals surface area contributed by atoms with Crippen molar-refractivity contribution >= 4 is 17.2 Å². The van der Waals surface area contributed by atoms with Crippen molar-refractivity contribution in [1.29, 1.82) is 0 Å². The fourth-order valence-corrected chi connectivity index (χ4v) is 1.92. The van der Waals surface area contributed by atoms with Crippen LogP contribution in [0.1, 0.15) is 5.82 Å². The maximum absolute atomic E-state index is 12.0. The summed E-state index contributed by atoms with van der Waals surface area (Å²) in [6, 6.07) is 5.41. The van der Waals surface area contributed by atoms with Crippen molar-refractivity contribution < 1.29 is 0 Å². The molecule has 0 radical (unpaired) electrons. The average molecular weight is 264 g/mol. The van der Waals surface area contributed by atoms with Crippen LogP contribution in [0.25, 0.3) is 5.65 Å². The Morgan fingerprint density at radius 3 is 2.89 bits per heavy atom. The lowest BCUT2D eigenvalue weighted by molar-refractivity contribution is 0.611. The van der Waals surface area contributed by atoms with E-state index in [9.17, 15) is 4.79 Å². The van der Waals surface area contributed by atoms with E-state index < -0.39 is 0 Å². The summed E-state index contributed by atoms with van der Waals surface area (Å²) in [6.45, 7) is 0.295. The molecule has 0 amide bonds. The maximum atomic E-state index is 12.0. The Labute approximate surface area is 107 Å². The molecule has 0 atom stereocenters. The van der Waals surface area contributed by atoms with Crippen molar-refractivity contribution in [2.24, 2.45) is 7.05 Å². The highest BCUT2D eigenvalue weighted by atomic mass is 35.5. The van der Waals surface area contributed by atoms with Crippen LogP contribution in [-0.2, 0) is 13.6 Å². The Kier molecular flexibility index (Phi) is 2.45. The summed E-state index contributed by atoms with van der Waals surface area (Å²) in [5.74, 6) is 0.686. The van der Waals surface area contributed by atoms with Crippen LogP contribution >= 0.6 is 11.6 Å². The molecule has 0 spiro atoms. The minimum atomic E-state index is -0.190. The zero-order valence-corrected chi connectivity index (χ0v) is 10.4. The molecule has 0 aromatic carbocycles. The van der Waals surface area contributed by atoms with Gasteiger partial charge >= 0.3 is 5.69 Å². The van der Waals surface area contributed by atoms with Gasteiger partial charge in [0.25, 0.3) is 0 Å². The normalized spacial score (nSPS) is 11.2. The smallest absolute Gasteiger partial charge is 0.321 e.